The fraction of sp³-hybridized carbons (Fsp3) is 0.417. The maximum absolute atomic E-state index is 11.7. The second-order valence-corrected chi connectivity index (χ2v) is 8.69. The van der Waals surface area contributed by atoms with E-state index in [4.69, 9.17) is 4.74 Å². The number of fused-ring (bicyclic) bond motifs is 3. The van der Waals surface area contributed by atoms with E-state index in [0.717, 1.165) is 11.0 Å². The maximum atomic E-state index is 11.7. The number of ether oxygens (including phenoxy) is 1. The van der Waals surface area contributed by atoms with Gasteiger partial charge in [0.1, 0.15) is 5.60 Å². The quantitative estimate of drug-likeness (QED) is 0.568. The Bertz CT molecular complexity index is 980. The van der Waals surface area contributed by atoms with Crippen molar-refractivity contribution in [2.75, 3.05) is 13.1 Å². The molecule has 0 aliphatic carbocycles. The fourth-order valence-electron chi connectivity index (χ4n) is 3.48. The molecule has 6 heteroatoms. The second-order valence-electron chi connectivity index (χ2n) is 8.69. The molecule has 2 N–H and O–H groups in total. The van der Waals surface area contributed by atoms with Crippen molar-refractivity contribution in [3.05, 3.63) is 48.5 Å². The Morgan fingerprint density at radius 1 is 1.10 bits per heavy atom. The van der Waals surface area contributed by atoms with Crippen LogP contribution in [0.3, 0.4) is 0 Å². The standard InChI is InChI=1S/C24H31N3O3/c1-17(14-26-23(29)30-24(2,3)4)13-25-15-18(28)16-27-21-11-7-5-9-19(21)20-10-6-8-12-22(20)27/h5-12,14,17-18,25,28H,13,15-16H2,1-4H3/t17?,18-/m0/s1. The lowest BCUT2D eigenvalue weighted by atomic mass is 10.2. The van der Waals surface area contributed by atoms with E-state index in [1.165, 1.54) is 10.8 Å². The number of para-hydroxylation sites is 2. The highest BCUT2D eigenvalue weighted by atomic mass is 16.6. The zero-order valence-electron chi connectivity index (χ0n) is 18.1. The molecule has 0 saturated heterocycles. The van der Waals surface area contributed by atoms with Crippen LogP contribution in [0.25, 0.3) is 21.8 Å². The molecule has 3 rings (SSSR count). The van der Waals surface area contributed by atoms with Crippen LogP contribution in [0.4, 0.5) is 4.79 Å². The molecule has 1 amide bonds. The summed E-state index contributed by atoms with van der Waals surface area (Å²) in [5.74, 6) is 0.0398. The van der Waals surface area contributed by atoms with E-state index < -0.39 is 17.8 Å². The molecule has 1 unspecified atom stereocenters. The molecule has 1 aromatic heterocycles. The summed E-state index contributed by atoms with van der Waals surface area (Å²) >= 11 is 0. The molecular weight excluding hydrogens is 378 g/mol. The summed E-state index contributed by atoms with van der Waals surface area (Å²) in [5, 5.41) is 16.3. The van der Waals surface area contributed by atoms with Crippen LogP contribution in [0.15, 0.2) is 53.5 Å². The van der Waals surface area contributed by atoms with Gasteiger partial charge in [0.05, 0.1) is 12.6 Å². The molecule has 0 aliphatic rings. The molecule has 0 saturated carbocycles. The predicted molar refractivity (Wildman–Crippen MR) is 122 cm³/mol. The van der Waals surface area contributed by atoms with E-state index in [2.05, 4.69) is 39.1 Å². The van der Waals surface area contributed by atoms with Gasteiger partial charge >= 0.3 is 6.09 Å². The summed E-state index contributed by atoms with van der Waals surface area (Å²) < 4.78 is 7.33. The van der Waals surface area contributed by atoms with Crippen LogP contribution in [0.1, 0.15) is 27.7 Å². The van der Waals surface area contributed by atoms with E-state index >= 15 is 0 Å². The molecule has 160 valence electrons. The van der Waals surface area contributed by atoms with Gasteiger partial charge in [-0.15, -0.1) is 0 Å². The third kappa shape index (κ3) is 5.68. The van der Waals surface area contributed by atoms with Gasteiger partial charge in [-0.3, -0.25) is 0 Å². The Balaban J connectivity index is 1.55. The van der Waals surface area contributed by atoms with Crippen LogP contribution in [0.5, 0.6) is 0 Å². The number of aliphatic hydroxyl groups excluding tert-OH is 1. The van der Waals surface area contributed by atoms with Crippen molar-refractivity contribution >= 4 is 34.1 Å². The molecule has 6 nitrogen and oxygen atoms in total. The lowest BCUT2D eigenvalue weighted by Gasteiger charge is -2.17. The minimum Gasteiger partial charge on any atom is -0.442 e. The Kier molecular flexibility index (Phi) is 6.90. The van der Waals surface area contributed by atoms with Gasteiger partial charge in [0, 0.05) is 47.0 Å². The van der Waals surface area contributed by atoms with E-state index in [1.807, 2.05) is 52.0 Å². The molecule has 0 radical (unpaired) electrons. The first-order chi connectivity index (χ1) is 14.2. The first-order valence-electron chi connectivity index (χ1n) is 10.4. The lowest BCUT2D eigenvalue weighted by molar-refractivity contribution is 0.0604. The van der Waals surface area contributed by atoms with Crippen molar-refractivity contribution in [3.63, 3.8) is 0 Å². The van der Waals surface area contributed by atoms with Crippen LogP contribution >= 0.6 is 0 Å². The normalized spacial score (nSPS) is 14.4. The maximum Gasteiger partial charge on any atom is 0.433 e. The average molecular weight is 410 g/mol. The molecule has 30 heavy (non-hydrogen) atoms. The largest absolute Gasteiger partial charge is 0.442 e. The van der Waals surface area contributed by atoms with Gasteiger partial charge in [-0.25, -0.2) is 4.79 Å². The zero-order chi connectivity index (χ0) is 21.7. The number of nitrogens with one attached hydrogen (secondary N) is 1. The summed E-state index contributed by atoms with van der Waals surface area (Å²) in [7, 11) is 0. The number of hydrogen-bond acceptors (Lipinski definition) is 4. The molecule has 2 atom stereocenters. The summed E-state index contributed by atoms with van der Waals surface area (Å²) in [6, 6.07) is 16.5. The Labute approximate surface area is 177 Å². The number of aliphatic imine (C=N–C) groups is 1. The molecule has 0 fully saturated rings. The SMILES string of the molecule is CC(C=NC(=O)OC(C)(C)C)CNC[C@H](O)Cn1c2ccccc2c2ccccc21. The first kappa shape index (κ1) is 22.0. The number of benzene rings is 2. The van der Waals surface area contributed by atoms with Gasteiger partial charge in [0.15, 0.2) is 0 Å². The summed E-state index contributed by atoms with van der Waals surface area (Å²) in [4.78, 5) is 15.5. The smallest absolute Gasteiger partial charge is 0.433 e. The highest BCUT2D eigenvalue weighted by Gasteiger charge is 2.16. The molecule has 2 aromatic carbocycles. The van der Waals surface area contributed by atoms with E-state index in [1.54, 1.807) is 6.21 Å². The summed E-state index contributed by atoms with van der Waals surface area (Å²) in [5.41, 5.74) is 1.69. The number of aromatic nitrogens is 1. The molecule has 0 aliphatic heterocycles. The summed E-state index contributed by atoms with van der Waals surface area (Å²) in [6.07, 6.45) is 0.459. The number of carbonyl (C=O) groups excluding carboxylic acids is 1. The van der Waals surface area contributed by atoms with Gasteiger partial charge in [0.2, 0.25) is 0 Å². The van der Waals surface area contributed by atoms with Crippen molar-refractivity contribution < 1.29 is 14.6 Å². The fourth-order valence-corrected chi connectivity index (χ4v) is 3.48. The van der Waals surface area contributed by atoms with E-state index in [-0.39, 0.29) is 5.92 Å². The molecule has 0 bridgehead atoms. The van der Waals surface area contributed by atoms with Crippen LogP contribution in [0.2, 0.25) is 0 Å². The van der Waals surface area contributed by atoms with Gasteiger partial charge < -0.3 is 19.7 Å². The first-order valence-corrected chi connectivity index (χ1v) is 10.4. The van der Waals surface area contributed by atoms with E-state index in [9.17, 15) is 9.90 Å². The van der Waals surface area contributed by atoms with Gasteiger partial charge in [0.25, 0.3) is 0 Å². The van der Waals surface area contributed by atoms with Gasteiger partial charge in [-0.1, -0.05) is 43.3 Å². The number of hydrogen-bond donors (Lipinski definition) is 2. The topological polar surface area (TPSA) is 75.8 Å². The zero-order valence-corrected chi connectivity index (χ0v) is 18.1. The second kappa shape index (κ2) is 9.41. The third-order valence-corrected chi connectivity index (χ3v) is 4.75. The summed E-state index contributed by atoms with van der Waals surface area (Å²) in [6.45, 7) is 8.95. The van der Waals surface area contributed by atoms with Gasteiger partial charge in [-0.05, 0) is 32.9 Å². The number of nitrogens with zero attached hydrogens (tertiary/aromatic N) is 2. The number of carbonyl (C=O) groups is 1. The predicted octanol–water partition coefficient (Wildman–Crippen LogP) is 4.39. The molecule has 1 heterocycles. The number of rotatable bonds is 7. The molecule has 3 aromatic rings. The highest BCUT2D eigenvalue weighted by molar-refractivity contribution is 6.07. The lowest BCUT2D eigenvalue weighted by Crippen LogP contribution is -2.33. The Morgan fingerprint density at radius 3 is 2.23 bits per heavy atom. The van der Waals surface area contributed by atoms with Crippen LogP contribution < -0.4 is 5.32 Å². The molecule has 0 spiro atoms. The van der Waals surface area contributed by atoms with Crippen molar-refractivity contribution in [3.8, 4) is 0 Å². The monoisotopic (exact) mass is 409 g/mol. The van der Waals surface area contributed by atoms with Crippen molar-refractivity contribution in [1.29, 1.82) is 0 Å². The van der Waals surface area contributed by atoms with Gasteiger partial charge in [-0.2, -0.15) is 4.99 Å². The van der Waals surface area contributed by atoms with Crippen LogP contribution in [-0.4, -0.2) is 46.8 Å². The Hall–Kier alpha value is -2.70. The number of aliphatic hydroxyl groups is 1. The van der Waals surface area contributed by atoms with Crippen molar-refractivity contribution in [1.82, 2.24) is 9.88 Å². The minimum absolute atomic E-state index is 0.0398. The Morgan fingerprint density at radius 2 is 1.67 bits per heavy atom. The average Bonchev–Trinajstić information content (AvgIpc) is 2.99. The number of amides is 1. The molecular formula is C24H31N3O3. The highest BCUT2D eigenvalue weighted by Crippen LogP contribution is 2.28. The van der Waals surface area contributed by atoms with Crippen LogP contribution in [-0.2, 0) is 11.3 Å². The minimum atomic E-state index is -0.583. The van der Waals surface area contributed by atoms with E-state index in [0.29, 0.717) is 19.6 Å². The van der Waals surface area contributed by atoms with Crippen LogP contribution in [0, 0.1) is 5.92 Å². The van der Waals surface area contributed by atoms with Crippen molar-refractivity contribution in [2.24, 2.45) is 10.9 Å². The third-order valence-electron chi connectivity index (χ3n) is 4.75. The van der Waals surface area contributed by atoms with Crippen molar-refractivity contribution in [2.45, 2.75) is 45.9 Å².